The average molecular weight is 324 g/mol. The Labute approximate surface area is 121 Å². The molecule has 1 heterocycles. The molecule has 0 aliphatic rings. The maximum atomic E-state index is 10.9. The van der Waals surface area contributed by atoms with Gasteiger partial charge in [-0.25, -0.2) is 9.78 Å². The topological polar surface area (TPSA) is 62.2 Å². The molecule has 0 spiro atoms. The number of carboxylic acid groups (broad SMARTS) is 1. The summed E-state index contributed by atoms with van der Waals surface area (Å²) >= 11 is 18.8. The van der Waals surface area contributed by atoms with Crippen LogP contribution in [-0.4, -0.2) is 16.1 Å². The Hall–Kier alpha value is -1.01. The first-order valence-electron chi connectivity index (χ1n) is 4.57. The fourth-order valence-electron chi connectivity index (χ4n) is 1.23. The van der Waals surface area contributed by atoms with Crippen LogP contribution in [0, 0.1) is 0 Å². The summed E-state index contributed by atoms with van der Waals surface area (Å²) in [4.78, 5) is 14.6. The van der Waals surface area contributed by atoms with Crippen molar-refractivity contribution in [1.82, 2.24) is 4.98 Å². The second-order valence-electron chi connectivity index (χ2n) is 3.21. The lowest BCUT2D eigenvalue weighted by atomic mass is 10.3. The Kier molecular flexibility index (Phi) is 3.97. The SMILES string of the molecule is O=C(O)c1ncsc1Nc1cc(Cl)c(Cl)cc1Cl. The molecule has 2 rings (SSSR count). The van der Waals surface area contributed by atoms with E-state index in [1.165, 1.54) is 17.6 Å². The van der Waals surface area contributed by atoms with E-state index in [1.807, 2.05) is 0 Å². The van der Waals surface area contributed by atoms with Gasteiger partial charge in [0.15, 0.2) is 5.69 Å². The quantitative estimate of drug-likeness (QED) is 0.814. The third-order valence-electron chi connectivity index (χ3n) is 2.03. The summed E-state index contributed by atoms with van der Waals surface area (Å²) in [5.74, 6) is -1.12. The second kappa shape index (κ2) is 5.32. The van der Waals surface area contributed by atoms with Gasteiger partial charge >= 0.3 is 5.97 Å². The fraction of sp³-hybridized carbons (Fsp3) is 0. The third kappa shape index (κ3) is 2.70. The number of anilines is 2. The lowest BCUT2D eigenvalue weighted by Gasteiger charge is -2.08. The Balaban J connectivity index is 2.37. The van der Waals surface area contributed by atoms with Gasteiger partial charge in [0.1, 0.15) is 5.00 Å². The van der Waals surface area contributed by atoms with Crippen molar-refractivity contribution >= 4 is 62.8 Å². The highest BCUT2D eigenvalue weighted by molar-refractivity contribution is 7.14. The highest BCUT2D eigenvalue weighted by Crippen LogP contribution is 2.35. The molecule has 1 aromatic heterocycles. The van der Waals surface area contributed by atoms with Crippen LogP contribution in [0.25, 0.3) is 0 Å². The summed E-state index contributed by atoms with van der Waals surface area (Å²) in [5.41, 5.74) is 1.83. The number of benzene rings is 1. The molecule has 0 unspecified atom stereocenters. The van der Waals surface area contributed by atoms with E-state index in [0.29, 0.717) is 25.8 Å². The van der Waals surface area contributed by atoms with Crippen molar-refractivity contribution in [2.45, 2.75) is 0 Å². The van der Waals surface area contributed by atoms with Crippen LogP contribution in [0.5, 0.6) is 0 Å². The zero-order valence-electron chi connectivity index (χ0n) is 8.58. The highest BCUT2D eigenvalue weighted by atomic mass is 35.5. The minimum atomic E-state index is -1.12. The van der Waals surface area contributed by atoms with Gasteiger partial charge in [0, 0.05) is 0 Å². The molecule has 2 N–H and O–H groups in total. The molecule has 18 heavy (non-hydrogen) atoms. The van der Waals surface area contributed by atoms with Crippen molar-refractivity contribution in [1.29, 1.82) is 0 Å². The van der Waals surface area contributed by atoms with Gasteiger partial charge < -0.3 is 10.4 Å². The number of rotatable bonds is 3. The first-order valence-corrected chi connectivity index (χ1v) is 6.58. The number of nitrogens with zero attached hydrogens (tertiary/aromatic N) is 1. The lowest BCUT2D eigenvalue weighted by molar-refractivity contribution is 0.0692. The van der Waals surface area contributed by atoms with E-state index in [0.717, 1.165) is 11.3 Å². The summed E-state index contributed by atoms with van der Waals surface area (Å²) in [6.07, 6.45) is 0. The summed E-state index contributed by atoms with van der Waals surface area (Å²) in [7, 11) is 0. The van der Waals surface area contributed by atoms with Gasteiger partial charge in [-0.15, -0.1) is 11.3 Å². The van der Waals surface area contributed by atoms with Gasteiger partial charge in [-0.05, 0) is 12.1 Å². The van der Waals surface area contributed by atoms with Crippen LogP contribution in [0.1, 0.15) is 10.5 Å². The number of hydrogen-bond donors (Lipinski definition) is 2. The molecule has 1 aromatic carbocycles. The van der Waals surface area contributed by atoms with E-state index in [9.17, 15) is 4.79 Å². The molecule has 0 saturated heterocycles. The molecule has 4 nitrogen and oxygen atoms in total. The van der Waals surface area contributed by atoms with Crippen LogP contribution in [0.3, 0.4) is 0 Å². The number of halogens is 3. The van der Waals surface area contributed by atoms with Crippen molar-refractivity contribution < 1.29 is 9.90 Å². The number of hydrogen-bond acceptors (Lipinski definition) is 4. The summed E-state index contributed by atoms with van der Waals surface area (Å²) in [6.45, 7) is 0. The summed E-state index contributed by atoms with van der Waals surface area (Å²) < 4.78 is 0. The van der Waals surface area contributed by atoms with E-state index in [-0.39, 0.29) is 5.69 Å². The van der Waals surface area contributed by atoms with Gasteiger partial charge in [0.25, 0.3) is 0 Å². The number of carboxylic acids is 1. The molecular formula is C10H5Cl3N2O2S. The van der Waals surface area contributed by atoms with E-state index in [2.05, 4.69) is 10.3 Å². The van der Waals surface area contributed by atoms with E-state index < -0.39 is 5.97 Å². The second-order valence-corrected chi connectivity index (χ2v) is 5.28. The molecule has 2 aromatic rings. The van der Waals surface area contributed by atoms with Crippen molar-refractivity contribution in [2.75, 3.05) is 5.32 Å². The molecule has 8 heteroatoms. The van der Waals surface area contributed by atoms with Gasteiger partial charge in [-0.1, -0.05) is 34.8 Å². The van der Waals surface area contributed by atoms with Crippen LogP contribution in [0.15, 0.2) is 17.6 Å². The molecule has 94 valence electrons. The fourth-order valence-corrected chi connectivity index (χ4v) is 2.51. The Morgan fingerprint density at radius 2 is 1.89 bits per heavy atom. The maximum absolute atomic E-state index is 10.9. The van der Waals surface area contributed by atoms with Crippen LogP contribution in [0.4, 0.5) is 10.7 Å². The zero-order chi connectivity index (χ0) is 13.3. The predicted molar refractivity (Wildman–Crippen MR) is 73.8 cm³/mol. The largest absolute Gasteiger partial charge is 0.476 e. The zero-order valence-corrected chi connectivity index (χ0v) is 11.7. The van der Waals surface area contributed by atoms with Gasteiger partial charge in [-0.2, -0.15) is 0 Å². The standard InChI is InChI=1S/C10H5Cl3N2O2S/c11-4-1-6(13)7(2-5(4)12)15-9-8(10(16)17)14-3-18-9/h1-3,15H,(H,16,17). The monoisotopic (exact) mass is 322 g/mol. The number of thiazole rings is 1. The third-order valence-corrected chi connectivity index (χ3v) is 3.80. The highest BCUT2D eigenvalue weighted by Gasteiger charge is 2.15. The molecule has 0 bridgehead atoms. The molecule has 0 atom stereocenters. The number of aromatic carboxylic acids is 1. The van der Waals surface area contributed by atoms with Crippen LogP contribution >= 0.6 is 46.1 Å². The number of carbonyl (C=O) groups is 1. The van der Waals surface area contributed by atoms with E-state index >= 15 is 0 Å². The Morgan fingerprint density at radius 1 is 1.22 bits per heavy atom. The molecule has 0 aliphatic carbocycles. The lowest BCUT2D eigenvalue weighted by Crippen LogP contribution is -2.01. The van der Waals surface area contributed by atoms with Gasteiger partial charge in [0.05, 0.1) is 26.3 Å². The van der Waals surface area contributed by atoms with Crippen molar-refractivity contribution in [3.8, 4) is 0 Å². The maximum Gasteiger partial charge on any atom is 0.357 e. The predicted octanol–water partition coefficient (Wildman–Crippen LogP) is 4.55. The minimum absolute atomic E-state index is 0.0675. The molecule has 0 radical (unpaired) electrons. The molecule has 0 saturated carbocycles. The molecule has 0 fully saturated rings. The number of aromatic nitrogens is 1. The number of nitrogens with one attached hydrogen (secondary N) is 1. The molecule has 0 aliphatic heterocycles. The van der Waals surface area contributed by atoms with E-state index in [1.54, 1.807) is 0 Å². The average Bonchev–Trinajstić information content (AvgIpc) is 2.74. The van der Waals surface area contributed by atoms with Gasteiger partial charge in [-0.3, -0.25) is 0 Å². The summed E-state index contributed by atoms with van der Waals surface area (Å²) in [6, 6.07) is 3.01. The van der Waals surface area contributed by atoms with Crippen LogP contribution in [0.2, 0.25) is 15.1 Å². The molecular weight excluding hydrogens is 319 g/mol. The normalized spacial score (nSPS) is 10.4. The first-order chi connectivity index (χ1) is 8.49. The molecule has 0 amide bonds. The van der Waals surface area contributed by atoms with Crippen LogP contribution < -0.4 is 5.32 Å². The Morgan fingerprint density at radius 3 is 2.56 bits per heavy atom. The smallest absolute Gasteiger partial charge is 0.357 e. The van der Waals surface area contributed by atoms with Crippen LogP contribution in [-0.2, 0) is 0 Å². The van der Waals surface area contributed by atoms with Crippen molar-refractivity contribution in [2.24, 2.45) is 0 Å². The van der Waals surface area contributed by atoms with Crippen molar-refractivity contribution in [3.63, 3.8) is 0 Å². The summed E-state index contributed by atoms with van der Waals surface area (Å²) in [5, 5.41) is 13.2. The van der Waals surface area contributed by atoms with Crippen molar-refractivity contribution in [3.05, 3.63) is 38.4 Å². The first kappa shape index (κ1) is 13.4. The van der Waals surface area contributed by atoms with E-state index in [4.69, 9.17) is 39.9 Å². The van der Waals surface area contributed by atoms with Gasteiger partial charge in [0.2, 0.25) is 0 Å². The minimum Gasteiger partial charge on any atom is -0.476 e. The Bertz CT molecular complexity index is 615.